The highest BCUT2D eigenvalue weighted by atomic mass is 35.5. The van der Waals surface area contributed by atoms with Gasteiger partial charge in [0.05, 0.1) is 23.9 Å². The highest BCUT2D eigenvalue weighted by molar-refractivity contribution is 6.34. The summed E-state index contributed by atoms with van der Waals surface area (Å²) in [5.74, 6) is 0. The van der Waals surface area contributed by atoms with Gasteiger partial charge in [0.15, 0.2) is 6.10 Å². The smallest absolute Gasteiger partial charge is 0.425 e. The van der Waals surface area contributed by atoms with E-state index in [0.29, 0.717) is 26.3 Å². The number of hydrogen-bond donors (Lipinski definition) is 0. The summed E-state index contributed by atoms with van der Waals surface area (Å²) >= 11 is 6.87. The van der Waals surface area contributed by atoms with Gasteiger partial charge in [-0.2, -0.15) is 13.2 Å². The van der Waals surface area contributed by atoms with E-state index in [4.69, 9.17) is 16.3 Å². The highest BCUT2D eigenvalue weighted by Gasteiger charge is 2.50. The number of benzene rings is 1. The molecule has 4 rings (SSSR count). The lowest BCUT2D eigenvalue weighted by Crippen LogP contribution is -2.46. The number of carbonyl (C=O) groups excluding carboxylic acids is 1. The van der Waals surface area contributed by atoms with E-state index in [0.717, 1.165) is 68.6 Å². The number of morpholine rings is 1. The van der Waals surface area contributed by atoms with Gasteiger partial charge in [-0.15, -0.1) is 0 Å². The summed E-state index contributed by atoms with van der Waals surface area (Å²) in [6.45, 7) is 10.7. The molecular weight excluding hydrogens is 483 g/mol. The van der Waals surface area contributed by atoms with Gasteiger partial charge in [0.25, 0.3) is 0 Å². The molecule has 6 nitrogen and oxygen atoms in total. The first-order valence-corrected chi connectivity index (χ1v) is 12.7. The molecule has 35 heavy (non-hydrogen) atoms. The molecule has 0 aliphatic carbocycles. The first-order chi connectivity index (χ1) is 16.4. The molecule has 1 aromatic rings. The van der Waals surface area contributed by atoms with Crippen LogP contribution in [0.2, 0.25) is 5.02 Å². The average molecular weight is 518 g/mol. The minimum atomic E-state index is -4.55. The third-order valence-corrected chi connectivity index (χ3v) is 8.22. The fourth-order valence-corrected chi connectivity index (χ4v) is 6.01. The van der Waals surface area contributed by atoms with Crippen molar-refractivity contribution in [2.45, 2.75) is 64.4 Å². The van der Waals surface area contributed by atoms with Crippen molar-refractivity contribution in [3.63, 3.8) is 0 Å². The largest absolute Gasteiger partial charge is 0.437 e. The first kappa shape index (κ1) is 26.4. The van der Waals surface area contributed by atoms with Gasteiger partial charge in [-0.3, -0.25) is 4.90 Å². The zero-order valence-corrected chi connectivity index (χ0v) is 21.4. The number of ether oxygens (including phenoxy) is 2. The van der Waals surface area contributed by atoms with E-state index in [2.05, 4.69) is 46.6 Å². The number of anilines is 1. The van der Waals surface area contributed by atoms with Gasteiger partial charge in [0.2, 0.25) is 0 Å². The summed E-state index contributed by atoms with van der Waals surface area (Å²) in [4.78, 5) is 18.4. The summed E-state index contributed by atoms with van der Waals surface area (Å²) in [5, 5.41) is 0.780. The second-order valence-corrected chi connectivity index (χ2v) is 11.1. The Morgan fingerprint density at radius 3 is 2.46 bits per heavy atom. The maximum absolute atomic E-state index is 12.8. The van der Waals surface area contributed by atoms with Crippen LogP contribution < -0.4 is 4.90 Å². The SMILES string of the molecule is CC(OC(=O)N1CCC2(CC1)CN(Cc1cccc(N3CCOCC3)c1Cl)C(C)(C)C2)C(F)(F)F. The number of rotatable bonds is 4. The third-order valence-electron chi connectivity index (χ3n) is 7.78. The second kappa shape index (κ2) is 9.98. The number of likely N-dealkylation sites (tertiary alicyclic amines) is 2. The van der Waals surface area contributed by atoms with E-state index in [1.165, 1.54) is 4.90 Å². The first-order valence-electron chi connectivity index (χ1n) is 12.3. The van der Waals surface area contributed by atoms with Crippen LogP contribution in [0.4, 0.5) is 23.7 Å². The number of nitrogens with zero attached hydrogens (tertiary/aromatic N) is 3. The van der Waals surface area contributed by atoms with Crippen LogP contribution in [0.25, 0.3) is 0 Å². The lowest BCUT2D eigenvalue weighted by Gasteiger charge is -2.39. The second-order valence-electron chi connectivity index (χ2n) is 10.7. The van der Waals surface area contributed by atoms with E-state index < -0.39 is 18.4 Å². The van der Waals surface area contributed by atoms with Crippen LogP contribution >= 0.6 is 11.6 Å². The molecule has 1 unspecified atom stereocenters. The summed E-state index contributed by atoms with van der Waals surface area (Å²) in [6, 6.07) is 6.19. The molecule has 1 atom stereocenters. The minimum Gasteiger partial charge on any atom is -0.437 e. The third kappa shape index (κ3) is 5.83. The Balaban J connectivity index is 1.39. The normalized spacial score (nSPS) is 23.5. The van der Waals surface area contributed by atoms with Gasteiger partial charge in [0.1, 0.15) is 0 Å². The Morgan fingerprint density at radius 1 is 1.17 bits per heavy atom. The zero-order chi connectivity index (χ0) is 25.4. The molecular formula is C25H35ClF3N3O3. The molecule has 0 aromatic heterocycles. The number of amides is 1. The number of alkyl halides is 3. The van der Waals surface area contributed by atoms with Crippen LogP contribution in [-0.2, 0) is 16.0 Å². The van der Waals surface area contributed by atoms with Crippen molar-refractivity contribution in [2.24, 2.45) is 5.41 Å². The number of hydrogen-bond acceptors (Lipinski definition) is 5. The van der Waals surface area contributed by atoms with Crippen LogP contribution in [0.5, 0.6) is 0 Å². The number of piperidine rings is 1. The maximum Gasteiger partial charge on any atom is 0.425 e. The fourth-order valence-electron chi connectivity index (χ4n) is 5.71. The van der Waals surface area contributed by atoms with E-state index in [9.17, 15) is 18.0 Å². The molecule has 196 valence electrons. The Hall–Kier alpha value is -1.71. The summed E-state index contributed by atoms with van der Waals surface area (Å²) in [5.41, 5.74) is 2.08. The molecule has 0 saturated carbocycles. The molecule has 3 fully saturated rings. The van der Waals surface area contributed by atoms with Gasteiger partial charge in [0, 0.05) is 44.8 Å². The average Bonchev–Trinajstić information content (AvgIpc) is 3.04. The lowest BCUT2D eigenvalue weighted by molar-refractivity contribution is -0.200. The molecule has 3 aliphatic rings. The molecule has 3 aliphatic heterocycles. The van der Waals surface area contributed by atoms with Crippen LogP contribution in [0.15, 0.2) is 18.2 Å². The van der Waals surface area contributed by atoms with Gasteiger partial charge in [-0.25, -0.2) is 4.79 Å². The molecule has 10 heteroatoms. The Kier molecular flexibility index (Phi) is 7.51. The molecule has 1 amide bonds. The standard InChI is InChI=1S/C25H35ClF3N3O3/c1-18(25(27,28)29)35-22(33)31-9-7-24(8-10-31)16-23(2,3)32(17-24)15-19-5-4-6-20(21(19)26)30-11-13-34-14-12-30/h4-6,18H,7-17H2,1-3H3. The van der Waals surface area contributed by atoms with Crippen molar-refractivity contribution in [3.8, 4) is 0 Å². The van der Waals surface area contributed by atoms with Crippen LogP contribution in [0, 0.1) is 5.41 Å². The minimum absolute atomic E-state index is 0.0181. The van der Waals surface area contributed by atoms with Crippen LogP contribution in [-0.4, -0.2) is 79.6 Å². The molecule has 3 saturated heterocycles. The Bertz CT molecular complexity index is 913. The van der Waals surface area contributed by atoms with Crippen molar-refractivity contribution in [1.29, 1.82) is 0 Å². The van der Waals surface area contributed by atoms with Crippen LogP contribution in [0.1, 0.15) is 45.6 Å². The number of halogens is 4. The predicted molar refractivity (Wildman–Crippen MR) is 129 cm³/mol. The van der Waals surface area contributed by atoms with Gasteiger partial charge >= 0.3 is 12.3 Å². The molecule has 0 N–H and O–H groups in total. The summed E-state index contributed by atoms with van der Waals surface area (Å²) in [7, 11) is 0. The Labute approximate surface area is 210 Å². The van der Waals surface area contributed by atoms with E-state index in [-0.39, 0.29) is 11.0 Å². The fraction of sp³-hybridized carbons (Fsp3) is 0.720. The maximum atomic E-state index is 12.8. The van der Waals surface area contributed by atoms with E-state index >= 15 is 0 Å². The van der Waals surface area contributed by atoms with Gasteiger partial charge < -0.3 is 19.3 Å². The van der Waals surface area contributed by atoms with E-state index in [1.807, 2.05) is 0 Å². The molecule has 3 heterocycles. The monoisotopic (exact) mass is 517 g/mol. The zero-order valence-electron chi connectivity index (χ0n) is 20.7. The van der Waals surface area contributed by atoms with Crippen molar-refractivity contribution in [3.05, 3.63) is 28.8 Å². The van der Waals surface area contributed by atoms with Gasteiger partial charge in [-0.05, 0) is 57.1 Å². The quantitative estimate of drug-likeness (QED) is 0.540. The molecule has 0 radical (unpaired) electrons. The molecule has 0 bridgehead atoms. The van der Waals surface area contributed by atoms with Gasteiger partial charge in [-0.1, -0.05) is 23.7 Å². The molecule has 1 aromatic carbocycles. The van der Waals surface area contributed by atoms with Crippen molar-refractivity contribution >= 4 is 23.4 Å². The van der Waals surface area contributed by atoms with Crippen molar-refractivity contribution in [1.82, 2.24) is 9.80 Å². The van der Waals surface area contributed by atoms with Crippen LogP contribution in [0.3, 0.4) is 0 Å². The topological polar surface area (TPSA) is 45.2 Å². The van der Waals surface area contributed by atoms with Crippen molar-refractivity contribution < 1.29 is 27.4 Å². The summed E-state index contributed by atoms with van der Waals surface area (Å²) in [6.07, 6.45) is -5.10. The Morgan fingerprint density at radius 2 is 1.83 bits per heavy atom. The summed E-state index contributed by atoms with van der Waals surface area (Å²) < 4.78 is 48.4. The predicted octanol–water partition coefficient (Wildman–Crippen LogP) is 5.33. The van der Waals surface area contributed by atoms with Crippen molar-refractivity contribution in [2.75, 3.05) is 50.8 Å². The highest BCUT2D eigenvalue weighted by Crippen LogP contribution is 2.49. The molecule has 1 spiro atoms. The lowest BCUT2D eigenvalue weighted by atomic mass is 9.74. The van der Waals surface area contributed by atoms with E-state index in [1.54, 1.807) is 0 Å². The number of carbonyl (C=O) groups is 1.